The third-order valence-electron chi connectivity index (χ3n) is 6.94. The molecule has 0 aliphatic carbocycles. The number of fused-ring (bicyclic) bond motifs is 1. The fraction of sp³-hybridized carbons (Fsp3) is 0.387. The maximum absolute atomic E-state index is 14.4. The number of rotatable bonds is 14. The van der Waals surface area contributed by atoms with Gasteiger partial charge in [-0.05, 0) is 84.8 Å². The molecule has 3 aromatic carbocycles. The highest BCUT2D eigenvalue weighted by Crippen LogP contribution is 2.34. The number of carbonyl (C=O) groups excluding carboxylic acids is 1. The standard InChI is InChI=1S/C31H36FN3O5/c1-4-40-30(37)18-28(24-15-23(19-36)16-25(32)17-24)27-11-12-29-31(21(27)2)33-34-35(29)13-5-6-14-39-20-22-7-9-26(38-3)10-8-22/h7-12,15-17,28,36H,4-6,13-14,18-20H2,1-3H3. The molecule has 212 valence electrons. The van der Waals surface area contributed by atoms with Gasteiger partial charge in [0.05, 0.1) is 38.9 Å². The van der Waals surface area contributed by atoms with E-state index in [0.29, 0.717) is 30.9 Å². The lowest BCUT2D eigenvalue weighted by Gasteiger charge is -2.20. The van der Waals surface area contributed by atoms with Crippen LogP contribution in [0.5, 0.6) is 5.75 Å². The second-order valence-electron chi connectivity index (χ2n) is 9.68. The minimum absolute atomic E-state index is 0.0408. The number of aliphatic hydroxyl groups excluding tert-OH is 1. The van der Waals surface area contributed by atoms with Crippen LogP contribution in [-0.4, -0.2) is 46.4 Å². The van der Waals surface area contributed by atoms with Crippen LogP contribution in [0.25, 0.3) is 11.0 Å². The van der Waals surface area contributed by atoms with Crippen molar-refractivity contribution in [3.05, 3.63) is 88.2 Å². The molecule has 8 nitrogen and oxygen atoms in total. The molecule has 1 unspecified atom stereocenters. The van der Waals surface area contributed by atoms with Gasteiger partial charge in [0.2, 0.25) is 0 Å². The molecule has 1 heterocycles. The Morgan fingerprint density at radius 2 is 1.88 bits per heavy atom. The molecule has 0 spiro atoms. The first kappa shape index (κ1) is 29.2. The summed E-state index contributed by atoms with van der Waals surface area (Å²) in [6.07, 6.45) is 1.79. The SMILES string of the molecule is CCOC(=O)CC(c1cc(F)cc(CO)c1)c1ccc2c(nnn2CCCCOCc2ccc(OC)cc2)c1C. The number of carbonyl (C=O) groups is 1. The highest BCUT2D eigenvalue weighted by molar-refractivity contribution is 5.80. The summed E-state index contributed by atoms with van der Waals surface area (Å²) in [4.78, 5) is 12.5. The zero-order valence-electron chi connectivity index (χ0n) is 23.2. The van der Waals surface area contributed by atoms with E-state index in [0.717, 1.165) is 46.3 Å². The number of aryl methyl sites for hydroxylation is 2. The molecule has 0 saturated heterocycles. The average Bonchev–Trinajstić information content (AvgIpc) is 3.38. The summed E-state index contributed by atoms with van der Waals surface area (Å²) in [5.74, 6) is -0.476. The first-order valence-corrected chi connectivity index (χ1v) is 13.5. The van der Waals surface area contributed by atoms with Crippen molar-refractivity contribution >= 4 is 17.0 Å². The monoisotopic (exact) mass is 549 g/mol. The normalized spacial score (nSPS) is 12.0. The Morgan fingerprint density at radius 1 is 1.07 bits per heavy atom. The molecule has 1 atom stereocenters. The first-order valence-electron chi connectivity index (χ1n) is 13.5. The van der Waals surface area contributed by atoms with E-state index >= 15 is 0 Å². The molecule has 0 saturated carbocycles. The maximum Gasteiger partial charge on any atom is 0.306 e. The average molecular weight is 550 g/mol. The van der Waals surface area contributed by atoms with Crippen LogP contribution in [0, 0.1) is 12.7 Å². The summed E-state index contributed by atoms with van der Waals surface area (Å²) in [6.45, 7) is 5.54. The molecule has 0 bridgehead atoms. The molecule has 40 heavy (non-hydrogen) atoms. The zero-order chi connectivity index (χ0) is 28.5. The maximum atomic E-state index is 14.4. The molecule has 4 rings (SSSR count). The van der Waals surface area contributed by atoms with Crippen LogP contribution in [-0.2, 0) is 34.0 Å². The van der Waals surface area contributed by atoms with Crippen molar-refractivity contribution in [2.45, 2.75) is 58.8 Å². The smallest absolute Gasteiger partial charge is 0.306 e. The summed E-state index contributed by atoms with van der Waals surface area (Å²) in [5.41, 5.74) is 5.49. The molecule has 0 aliphatic rings. The van der Waals surface area contributed by atoms with Crippen molar-refractivity contribution < 1.29 is 28.5 Å². The lowest BCUT2D eigenvalue weighted by molar-refractivity contribution is -0.143. The fourth-order valence-corrected chi connectivity index (χ4v) is 4.86. The molecule has 0 radical (unpaired) electrons. The number of hydrogen-bond donors (Lipinski definition) is 1. The lowest BCUT2D eigenvalue weighted by atomic mass is 9.85. The van der Waals surface area contributed by atoms with Crippen LogP contribution in [0.15, 0.2) is 54.6 Å². The van der Waals surface area contributed by atoms with Gasteiger partial charge < -0.3 is 19.3 Å². The van der Waals surface area contributed by atoms with Crippen LogP contribution in [0.4, 0.5) is 4.39 Å². The quantitative estimate of drug-likeness (QED) is 0.165. The second kappa shape index (κ2) is 14.0. The van der Waals surface area contributed by atoms with Gasteiger partial charge >= 0.3 is 5.97 Å². The number of hydrogen-bond acceptors (Lipinski definition) is 7. The predicted molar refractivity (Wildman–Crippen MR) is 150 cm³/mol. The number of aliphatic hydroxyl groups is 1. The Balaban J connectivity index is 1.44. The van der Waals surface area contributed by atoms with Crippen molar-refractivity contribution in [3.8, 4) is 5.75 Å². The molecular formula is C31H36FN3O5. The van der Waals surface area contributed by atoms with E-state index in [9.17, 15) is 14.3 Å². The van der Waals surface area contributed by atoms with Gasteiger partial charge in [-0.1, -0.05) is 29.5 Å². The number of ether oxygens (including phenoxy) is 3. The van der Waals surface area contributed by atoms with Gasteiger partial charge in [0, 0.05) is 19.1 Å². The van der Waals surface area contributed by atoms with Gasteiger partial charge in [-0.3, -0.25) is 4.79 Å². The molecule has 0 fully saturated rings. The van der Waals surface area contributed by atoms with Gasteiger partial charge in [0.15, 0.2) is 0 Å². The molecule has 1 N–H and O–H groups in total. The Kier molecular flexibility index (Phi) is 10.2. The minimum Gasteiger partial charge on any atom is -0.497 e. The number of aromatic nitrogens is 3. The third kappa shape index (κ3) is 7.22. The van der Waals surface area contributed by atoms with Crippen molar-refractivity contribution in [1.82, 2.24) is 15.0 Å². The Hall–Kier alpha value is -3.82. The number of unbranched alkanes of at least 4 members (excludes halogenated alkanes) is 1. The number of methoxy groups -OCH3 is 1. The van der Waals surface area contributed by atoms with Crippen LogP contribution in [0.2, 0.25) is 0 Å². The topological polar surface area (TPSA) is 95.7 Å². The summed E-state index contributed by atoms with van der Waals surface area (Å²) in [6, 6.07) is 16.1. The second-order valence-corrected chi connectivity index (χ2v) is 9.68. The molecule has 0 amide bonds. The van der Waals surface area contributed by atoms with E-state index < -0.39 is 11.7 Å². The molecule has 9 heteroatoms. The van der Waals surface area contributed by atoms with Crippen LogP contribution in [0.1, 0.15) is 59.9 Å². The highest BCUT2D eigenvalue weighted by atomic mass is 19.1. The predicted octanol–water partition coefficient (Wildman–Crippen LogP) is 5.46. The van der Waals surface area contributed by atoms with Crippen LogP contribution in [0.3, 0.4) is 0 Å². The van der Waals surface area contributed by atoms with Gasteiger partial charge in [0.1, 0.15) is 17.1 Å². The summed E-state index contributed by atoms with van der Waals surface area (Å²) in [5, 5.41) is 18.4. The van der Waals surface area contributed by atoms with Gasteiger partial charge in [-0.15, -0.1) is 5.10 Å². The summed E-state index contributed by atoms with van der Waals surface area (Å²) >= 11 is 0. The van der Waals surface area contributed by atoms with Crippen molar-refractivity contribution in [1.29, 1.82) is 0 Å². The van der Waals surface area contributed by atoms with Crippen molar-refractivity contribution in [2.24, 2.45) is 0 Å². The fourth-order valence-electron chi connectivity index (χ4n) is 4.86. The van der Waals surface area contributed by atoms with Gasteiger partial charge in [0.25, 0.3) is 0 Å². The summed E-state index contributed by atoms with van der Waals surface area (Å²) in [7, 11) is 1.65. The largest absolute Gasteiger partial charge is 0.497 e. The van der Waals surface area contributed by atoms with E-state index in [4.69, 9.17) is 14.2 Å². The van der Waals surface area contributed by atoms with E-state index in [-0.39, 0.29) is 25.6 Å². The third-order valence-corrected chi connectivity index (χ3v) is 6.94. The molecule has 1 aromatic heterocycles. The Labute approximate surface area is 233 Å². The highest BCUT2D eigenvalue weighted by Gasteiger charge is 2.24. The number of halogens is 1. The zero-order valence-corrected chi connectivity index (χ0v) is 23.2. The van der Waals surface area contributed by atoms with E-state index in [1.807, 2.05) is 48.0 Å². The van der Waals surface area contributed by atoms with E-state index in [2.05, 4.69) is 10.3 Å². The first-order chi connectivity index (χ1) is 19.4. The van der Waals surface area contributed by atoms with Crippen molar-refractivity contribution in [3.63, 3.8) is 0 Å². The number of esters is 1. The molecule has 0 aliphatic heterocycles. The lowest BCUT2D eigenvalue weighted by Crippen LogP contribution is -2.13. The van der Waals surface area contributed by atoms with Crippen molar-refractivity contribution in [2.75, 3.05) is 20.3 Å². The molecular weight excluding hydrogens is 513 g/mol. The summed E-state index contributed by atoms with van der Waals surface area (Å²) < 4.78 is 32.5. The number of benzene rings is 3. The Bertz CT molecular complexity index is 1420. The van der Waals surface area contributed by atoms with E-state index in [1.54, 1.807) is 20.1 Å². The van der Waals surface area contributed by atoms with Gasteiger partial charge in [-0.2, -0.15) is 0 Å². The van der Waals surface area contributed by atoms with Crippen LogP contribution < -0.4 is 4.74 Å². The van der Waals surface area contributed by atoms with Gasteiger partial charge in [-0.25, -0.2) is 9.07 Å². The molecule has 4 aromatic rings. The van der Waals surface area contributed by atoms with Crippen LogP contribution >= 0.6 is 0 Å². The Morgan fingerprint density at radius 3 is 2.60 bits per heavy atom. The minimum atomic E-state index is -0.465. The number of nitrogens with zero attached hydrogens (tertiary/aromatic N) is 3. The van der Waals surface area contributed by atoms with E-state index in [1.165, 1.54) is 12.1 Å².